The van der Waals surface area contributed by atoms with Crippen molar-refractivity contribution in [1.82, 2.24) is 16.1 Å². The summed E-state index contributed by atoms with van der Waals surface area (Å²) in [5, 5.41) is 5.06. The number of rotatable bonds is 2. The number of hydrogen-bond acceptors (Lipinski definition) is 4. The number of nitrogens with one attached hydrogen (secondary N) is 3. The van der Waals surface area contributed by atoms with Gasteiger partial charge in [-0.1, -0.05) is 0 Å². The van der Waals surface area contributed by atoms with Gasteiger partial charge in [0.15, 0.2) is 0 Å². The zero-order valence-electron chi connectivity index (χ0n) is 8.54. The lowest BCUT2D eigenvalue weighted by atomic mass is 10.1. The van der Waals surface area contributed by atoms with Crippen LogP contribution in [-0.2, 0) is 9.59 Å². The molecule has 1 heterocycles. The second-order valence-electron chi connectivity index (χ2n) is 3.12. The Labute approximate surface area is 87.5 Å². The molecule has 0 radical (unpaired) electrons. The zero-order valence-corrected chi connectivity index (χ0v) is 8.54. The van der Waals surface area contributed by atoms with Crippen molar-refractivity contribution in [2.75, 3.05) is 6.54 Å². The standard InChI is InChI=1S/C8H15N5O2/c1-2-10-8(13-9)11-5-3-4-6(14)12-7(5)15/h5H,2-4,9H2,1H3,(H2,10,11,13)(H,12,14,15). The van der Waals surface area contributed by atoms with Gasteiger partial charge in [-0.15, -0.1) is 0 Å². The Morgan fingerprint density at radius 3 is 2.93 bits per heavy atom. The molecule has 0 spiro atoms. The van der Waals surface area contributed by atoms with Gasteiger partial charge in [0.25, 0.3) is 0 Å². The molecule has 0 aromatic carbocycles. The minimum Gasteiger partial charge on any atom is -0.344 e. The Morgan fingerprint density at radius 2 is 2.40 bits per heavy atom. The van der Waals surface area contributed by atoms with Gasteiger partial charge < -0.3 is 5.32 Å². The van der Waals surface area contributed by atoms with Crippen LogP contribution in [0.25, 0.3) is 0 Å². The van der Waals surface area contributed by atoms with E-state index in [-0.39, 0.29) is 11.8 Å². The van der Waals surface area contributed by atoms with Gasteiger partial charge in [-0.3, -0.25) is 25.3 Å². The van der Waals surface area contributed by atoms with Crippen molar-refractivity contribution in [3.05, 3.63) is 0 Å². The van der Waals surface area contributed by atoms with Crippen LogP contribution in [0, 0.1) is 0 Å². The molecule has 0 aromatic heterocycles. The molecule has 1 rings (SSSR count). The fourth-order valence-corrected chi connectivity index (χ4v) is 1.29. The molecular formula is C8H15N5O2. The fraction of sp³-hybridized carbons (Fsp3) is 0.625. The molecule has 84 valence electrons. The summed E-state index contributed by atoms with van der Waals surface area (Å²) in [6.07, 6.45) is 0.780. The number of carbonyl (C=O) groups excluding carboxylic acids is 2. The largest absolute Gasteiger partial charge is 0.344 e. The molecular weight excluding hydrogens is 198 g/mol. The molecule has 2 amide bonds. The third kappa shape index (κ3) is 3.21. The van der Waals surface area contributed by atoms with Crippen molar-refractivity contribution in [3.8, 4) is 0 Å². The molecule has 1 atom stereocenters. The highest BCUT2D eigenvalue weighted by molar-refractivity contribution is 6.01. The van der Waals surface area contributed by atoms with Gasteiger partial charge in [-0.2, -0.15) is 0 Å². The van der Waals surface area contributed by atoms with Gasteiger partial charge in [-0.25, -0.2) is 5.84 Å². The number of nitrogens with two attached hydrogens (primary N) is 1. The Morgan fingerprint density at radius 1 is 1.67 bits per heavy atom. The maximum Gasteiger partial charge on any atom is 0.249 e. The number of hydrazine groups is 1. The van der Waals surface area contributed by atoms with Crippen LogP contribution in [0.1, 0.15) is 19.8 Å². The lowest BCUT2D eigenvalue weighted by Gasteiger charge is -2.23. The van der Waals surface area contributed by atoms with Gasteiger partial charge in [0.05, 0.1) is 0 Å². The lowest BCUT2D eigenvalue weighted by molar-refractivity contribution is -0.134. The van der Waals surface area contributed by atoms with Gasteiger partial charge in [0, 0.05) is 13.0 Å². The Balaban J connectivity index is 2.54. The summed E-state index contributed by atoms with van der Waals surface area (Å²) in [6, 6.07) is -0.455. The van der Waals surface area contributed by atoms with E-state index in [9.17, 15) is 9.59 Å². The minimum atomic E-state index is -0.455. The number of nitrogens with zero attached hydrogens (tertiary/aromatic N) is 1. The van der Waals surface area contributed by atoms with Crippen LogP contribution in [0.15, 0.2) is 4.99 Å². The normalized spacial score (nSPS) is 22.3. The first-order valence-electron chi connectivity index (χ1n) is 4.78. The van der Waals surface area contributed by atoms with Crippen molar-refractivity contribution in [2.24, 2.45) is 10.8 Å². The highest BCUT2D eigenvalue weighted by Gasteiger charge is 2.26. The molecule has 0 bridgehead atoms. The molecule has 1 unspecified atom stereocenters. The second kappa shape index (κ2) is 5.30. The number of piperidine rings is 1. The van der Waals surface area contributed by atoms with Gasteiger partial charge in [0.1, 0.15) is 6.04 Å². The predicted octanol–water partition coefficient (Wildman–Crippen LogP) is -1.78. The molecule has 0 aliphatic carbocycles. The van der Waals surface area contributed by atoms with Gasteiger partial charge in [0.2, 0.25) is 17.8 Å². The van der Waals surface area contributed by atoms with E-state index in [4.69, 9.17) is 5.84 Å². The summed E-state index contributed by atoms with van der Waals surface area (Å²) in [7, 11) is 0. The monoisotopic (exact) mass is 213 g/mol. The van der Waals surface area contributed by atoms with Crippen molar-refractivity contribution < 1.29 is 9.59 Å². The molecule has 7 nitrogen and oxygen atoms in total. The Bertz CT molecular complexity index is 289. The molecule has 5 N–H and O–H groups in total. The quantitative estimate of drug-likeness (QED) is 0.143. The van der Waals surface area contributed by atoms with E-state index >= 15 is 0 Å². The first-order valence-corrected chi connectivity index (χ1v) is 4.78. The predicted molar refractivity (Wildman–Crippen MR) is 54.6 cm³/mol. The van der Waals surface area contributed by atoms with E-state index in [1.807, 2.05) is 6.92 Å². The maximum atomic E-state index is 11.3. The van der Waals surface area contributed by atoms with Crippen LogP contribution in [0.2, 0.25) is 0 Å². The summed E-state index contributed by atoms with van der Waals surface area (Å²) in [5.41, 5.74) is 2.36. The number of carbonyl (C=O) groups is 2. The minimum absolute atomic E-state index is 0.243. The number of imide groups is 1. The zero-order chi connectivity index (χ0) is 11.3. The van der Waals surface area contributed by atoms with E-state index in [1.165, 1.54) is 0 Å². The summed E-state index contributed by atoms with van der Waals surface area (Å²) < 4.78 is 0. The van der Waals surface area contributed by atoms with Crippen molar-refractivity contribution in [1.29, 1.82) is 0 Å². The summed E-state index contributed by atoms with van der Waals surface area (Å²) in [6.45, 7) is 2.41. The average molecular weight is 213 g/mol. The first kappa shape index (κ1) is 11.4. The highest BCUT2D eigenvalue weighted by atomic mass is 16.2. The van der Waals surface area contributed by atoms with Crippen LogP contribution in [-0.4, -0.2) is 30.4 Å². The smallest absolute Gasteiger partial charge is 0.249 e. The fourth-order valence-electron chi connectivity index (χ4n) is 1.29. The molecule has 1 aliphatic heterocycles. The molecule has 1 fully saturated rings. The molecule has 1 aliphatic rings. The van der Waals surface area contributed by atoms with Crippen LogP contribution in [0.5, 0.6) is 0 Å². The van der Waals surface area contributed by atoms with Crippen molar-refractivity contribution in [2.45, 2.75) is 25.8 Å². The molecule has 0 aromatic rings. The Hall–Kier alpha value is -1.63. The van der Waals surface area contributed by atoms with Crippen LogP contribution >= 0.6 is 0 Å². The summed E-state index contributed by atoms with van der Waals surface area (Å²) in [4.78, 5) is 26.2. The van der Waals surface area contributed by atoms with E-state index in [0.717, 1.165) is 0 Å². The number of aliphatic imine (C=N–C) groups is 1. The molecule has 0 saturated carbocycles. The van der Waals surface area contributed by atoms with Crippen LogP contribution < -0.4 is 21.9 Å². The molecule has 7 heteroatoms. The number of guanidine groups is 1. The topological polar surface area (TPSA) is 109 Å². The first-order chi connectivity index (χ1) is 7.17. The number of amides is 2. The van der Waals surface area contributed by atoms with E-state index in [0.29, 0.717) is 25.3 Å². The molecule has 15 heavy (non-hydrogen) atoms. The maximum absolute atomic E-state index is 11.3. The second-order valence-corrected chi connectivity index (χ2v) is 3.12. The van der Waals surface area contributed by atoms with Crippen LogP contribution in [0.3, 0.4) is 0 Å². The number of hydrogen-bond donors (Lipinski definition) is 4. The SMILES string of the molecule is CCN=C(NN)NC1CCC(=O)NC1=O. The van der Waals surface area contributed by atoms with Gasteiger partial charge >= 0.3 is 0 Å². The lowest BCUT2D eigenvalue weighted by Crippen LogP contribution is -2.55. The van der Waals surface area contributed by atoms with Crippen LogP contribution in [0.4, 0.5) is 0 Å². The molecule has 1 saturated heterocycles. The summed E-state index contributed by atoms with van der Waals surface area (Å²) in [5.74, 6) is 4.98. The van der Waals surface area contributed by atoms with Crippen molar-refractivity contribution >= 4 is 17.8 Å². The Kier molecular flexibility index (Phi) is 4.04. The van der Waals surface area contributed by atoms with Crippen molar-refractivity contribution in [3.63, 3.8) is 0 Å². The van der Waals surface area contributed by atoms with E-state index in [1.54, 1.807) is 0 Å². The average Bonchev–Trinajstić information content (AvgIpc) is 2.21. The highest BCUT2D eigenvalue weighted by Crippen LogP contribution is 2.03. The third-order valence-electron chi connectivity index (χ3n) is 2.00. The summed E-state index contributed by atoms with van der Waals surface area (Å²) >= 11 is 0. The van der Waals surface area contributed by atoms with E-state index < -0.39 is 6.04 Å². The van der Waals surface area contributed by atoms with E-state index in [2.05, 4.69) is 21.1 Å². The third-order valence-corrected chi connectivity index (χ3v) is 2.00. The van der Waals surface area contributed by atoms with Gasteiger partial charge in [-0.05, 0) is 13.3 Å².